The minimum Gasteiger partial charge on any atom is -0.486 e. The van der Waals surface area contributed by atoms with E-state index in [1.165, 1.54) is 12.1 Å². The Bertz CT molecular complexity index is 1170. The molecule has 2 aliphatic rings. The second kappa shape index (κ2) is 8.33. The maximum Gasteiger partial charge on any atom is 0.286 e. The van der Waals surface area contributed by atoms with E-state index in [4.69, 9.17) is 9.47 Å². The number of fused-ring (bicyclic) bond motifs is 2. The molecule has 0 saturated heterocycles. The summed E-state index contributed by atoms with van der Waals surface area (Å²) < 4.78 is 12.9. The Labute approximate surface area is 184 Å². The van der Waals surface area contributed by atoms with Crippen molar-refractivity contribution in [2.75, 3.05) is 13.2 Å². The van der Waals surface area contributed by atoms with Gasteiger partial charge in [-0.2, -0.15) is 5.10 Å². The van der Waals surface area contributed by atoms with Crippen molar-refractivity contribution in [3.63, 3.8) is 0 Å². The van der Waals surface area contributed by atoms with Gasteiger partial charge in [-0.05, 0) is 24.8 Å². The molecule has 1 unspecified atom stereocenters. The number of nitro benzene ring substituents is 1. The maximum atomic E-state index is 13.1. The van der Waals surface area contributed by atoms with Gasteiger partial charge < -0.3 is 14.8 Å². The molecule has 3 aromatic rings. The van der Waals surface area contributed by atoms with Crippen LogP contribution < -0.4 is 14.8 Å². The number of amides is 1. The lowest BCUT2D eigenvalue weighted by Crippen LogP contribution is -2.31. The number of hydrogen-bond acceptors (Lipinski definition) is 6. The molecule has 1 N–H and O–H groups in total. The Hall–Kier alpha value is -3.88. The van der Waals surface area contributed by atoms with Crippen LogP contribution in [0.1, 0.15) is 46.1 Å². The van der Waals surface area contributed by atoms with Crippen LogP contribution in [-0.4, -0.2) is 33.8 Å². The highest BCUT2D eigenvalue weighted by atomic mass is 16.6. The van der Waals surface area contributed by atoms with Crippen molar-refractivity contribution < 1.29 is 19.2 Å². The van der Waals surface area contributed by atoms with Crippen LogP contribution in [0, 0.1) is 10.1 Å². The number of benzene rings is 2. The first kappa shape index (κ1) is 20.0. The van der Waals surface area contributed by atoms with Crippen LogP contribution in [0.3, 0.4) is 0 Å². The van der Waals surface area contributed by atoms with E-state index < -0.39 is 10.8 Å². The van der Waals surface area contributed by atoms with E-state index in [9.17, 15) is 14.9 Å². The van der Waals surface area contributed by atoms with Crippen molar-refractivity contribution >= 4 is 11.6 Å². The van der Waals surface area contributed by atoms with Gasteiger partial charge in [0.25, 0.3) is 11.6 Å². The molecule has 2 heterocycles. The molecule has 9 nitrogen and oxygen atoms in total. The quantitative estimate of drug-likeness (QED) is 0.487. The molecule has 0 saturated carbocycles. The van der Waals surface area contributed by atoms with Crippen molar-refractivity contribution in [3.05, 3.63) is 81.2 Å². The first-order valence-corrected chi connectivity index (χ1v) is 10.6. The second-order valence-corrected chi connectivity index (χ2v) is 7.88. The number of rotatable bonds is 5. The Morgan fingerprint density at radius 1 is 1.19 bits per heavy atom. The zero-order valence-electron chi connectivity index (χ0n) is 17.3. The molecule has 0 radical (unpaired) electrons. The first-order valence-electron chi connectivity index (χ1n) is 10.6. The third kappa shape index (κ3) is 3.77. The average molecular weight is 434 g/mol. The van der Waals surface area contributed by atoms with Crippen LogP contribution in [0.2, 0.25) is 0 Å². The summed E-state index contributed by atoms with van der Waals surface area (Å²) in [6.07, 6.45) is 4.30. The lowest BCUT2D eigenvalue weighted by molar-refractivity contribution is -0.385. The Morgan fingerprint density at radius 2 is 1.94 bits per heavy atom. The van der Waals surface area contributed by atoms with Gasteiger partial charge in [-0.3, -0.25) is 19.6 Å². The molecule has 164 valence electrons. The highest BCUT2D eigenvalue weighted by Crippen LogP contribution is 2.37. The zero-order chi connectivity index (χ0) is 22.1. The molecular formula is C23H22N4O5. The van der Waals surface area contributed by atoms with E-state index in [1.54, 1.807) is 6.20 Å². The van der Waals surface area contributed by atoms with E-state index in [1.807, 2.05) is 22.9 Å². The monoisotopic (exact) mass is 434 g/mol. The van der Waals surface area contributed by atoms with Crippen molar-refractivity contribution in [2.45, 2.75) is 31.8 Å². The number of aromatic nitrogens is 2. The molecule has 9 heteroatoms. The summed E-state index contributed by atoms with van der Waals surface area (Å²) in [5.74, 6) is 0.107. The van der Waals surface area contributed by atoms with Crippen LogP contribution >= 0.6 is 0 Å². The molecule has 0 bridgehead atoms. The Balaban J connectivity index is 1.40. The Kier molecular flexibility index (Phi) is 5.22. The zero-order valence-corrected chi connectivity index (χ0v) is 17.3. The lowest BCUT2D eigenvalue weighted by Gasteiger charge is -2.25. The standard InChI is InChI=1S/C23H22N4O5/c28-23(16-11-21-22(32-10-9-31-21)12-20(16)27(29)30)25-18-7-4-8-19-17(18)13-24-26(19)14-15-5-2-1-3-6-15/h1-3,5-6,11-13,18H,4,7-10,14H2,(H,25,28). The van der Waals surface area contributed by atoms with E-state index in [0.29, 0.717) is 25.5 Å². The number of nitrogens with one attached hydrogen (secondary N) is 1. The van der Waals surface area contributed by atoms with Gasteiger partial charge in [0.05, 0.1) is 29.8 Å². The number of nitrogens with zero attached hydrogens (tertiary/aromatic N) is 3. The molecule has 5 rings (SSSR count). The molecule has 2 aromatic carbocycles. The number of carbonyl (C=O) groups excluding carboxylic acids is 1. The van der Waals surface area contributed by atoms with Gasteiger partial charge in [0.2, 0.25) is 0 Å². The Morgan fingerprint density at radius 3 is 2.69 bits per heavy atom. The van der Waals surface area contributed by atoms with Gasteiger partial charge in [0.1, 0.15) is 18.8 Å². The fourth-order valence-electron chi connectivity index (χ4n) is 4.31. The smallest absolute Gasteiger partial charge is 0.286 e. The average Bonchev–Trinajstić information content (AvgIpc) is 3.22. The molecule has 32 heavy (non-hydrogen) atoms. The maximum absolute atomic E-state index is 13.1. The normalized spacial score (nSPS) is 16.8. The summed E-state index contributed by atoms with van der Waals surface area (Å²) >= 11 is 0. The summed E-state index contributed by atoms with van der Waals surface area (Å²) in [7, 11) is 0. The second-order valence-electron chi connectivity index (χ2n) is 7.88. The molecule has 1 amide bonds. The van der Waals surface area contributed by atoms with Gasteiger partial charge in [-0.15, -0.1) is 0 Å². The first-order chi connectivity index (χ1) is 15.6. The van der Waals surface area contributed by atoms with Crippen molar-refractivity contribution in [1.29, 1.82) is 0 Å². The van der Waals surface area contributed by atoms with Crippen molar-refractivity contribution in [2.24, 2.45) is 0 Å². The van der Waals surface area contributed by atoms with Crippen LogP contribution in [0.4, 0.5) is 5.69 Å². The van der Waals surface area contributed by atoms with Gasteiger partial charge in [0.15, 0.2) is 11.5 Å². The fourth-order valence-corrected chi connectivity index (χ4v) is 4.31. The molecule has 1 aliphatic carbocycles. The number of carbonyl (C=O) groups is 1. The van der Waals surface area contributed by atoms with Crippen LogP contribution in [0.25, 0.3) is 0 Å². The molecule has 0 spiro atoms. The predicted octanol–water partition coefficient (Wildman–Crippen LogP) is 3.42. The van der Waals surface area contributed by atoms with Crippen molar-refractivity contribution in [3.8, 4) is 11.5 Å². The number of hydrogen-bond donors (Lipinski definition) is 1. The lowest BCUT2D eigenvalue weighted by atomic mass is 9.92. The van der Waals surface area contributed by atoms with Crippen LogP contribution in [0.15, 0.2) is 48.7 Å². The van der Waals surface area contributed by atoms with E-state index in [0.717, 1.165) is 36.1 Å². The number of nitro groups is 1. The molecule has 1 aliphatic heterocycles. The predicted molar refractivity (Wildman–Crippen MR) is 115 cm³/mol. The molecule has 0 fully saturated rings. The summed E-state index contributed by atoms with van der Waals surface area (Å²) in [5.41, 5.74) is 2.85. The SMILES string of the molecule is O=C(NC1CCCc2c1cnn2Cc1ccccc1)c1cc2c(cc1[N+](=O)[O-])OCCO2. The summed E-state index contributed by atoms with van der Waals surface area (Å²) in [5, 5.41) is 19.1. The van der Waals surface area contributed by atoms with Crippen LogP contribution in [-0.2, 0) is 13.0 Å². The topological polar surface area (TPSA) is 109 Å². The molecule has 1 atom stereocenters. The van der Waals surface area contributed by atoms with Gasteiger partial charge in [-0.1, -0.05) is 30.3 Å². The molecule has 1 aromatic heterocycles. The van der Waals surface area contributed by atoms with Gasteiger partial charge in [0, 0.05) is 17.3 Å². The minimum absolute atomic E-state index is 0.0388. The number of ether oxygens (including phenoxy) is 2. The summed E-state index contributed by atoms with van der Waals surface area (Å²) in [6, 6.07) is 12.5. The molecular weight excluding hydrogens is 412 g/mol. The van der Waals surface area contributed by atoms with Gasteiger partial charge >= 0.3 is 0 Å². The van der Waals surface area contributed by atoms with E-state index in [-0.39, 0.29) is 23.0 Å². The highest BCUT2D eigenvalue weighted by Gasteiger charge is 2.30. The summed E-state index contributed by atoms with van der Waals surface area (Å²) in [6.45, 7) is 1.30. The van der Waals surface area contributed by atoms with Gasteiger partial charge in [-0.25, -0.2) is 0 Å². The third-order valence-electron chi connectivity index (χ3n) is 5.85. The fraction of sp³-hybridized carbons (Fsp3) is 0.304. The largest absolute Gasteiger partial charge is 0.486 e. The van der Waals surface area contributed by atoms with Crippen molar-refractivity contribution in [1.82, 2.24) is 15.1 Å². The third-order valence-corrected chi connectivity index (χ3v) is 5.85. The minimum atomic E-state index is -0.572. The highest BCUT2D eigenvalue weighted by molar-refractivity contribution is 5.99. The van der Waals surface area contributed by atoms with E-state index in [2.05, 4.69) is 22.5 Å². The van der Waals surface area contributed by atoms with E-state index >= 15 is 0 Å². The van der Waals surface area contributed by atoms with Crippen LogP contribution in [0.5, 0.6) is 11.5 Å². The summed E-state index contributed by atoms with van der Waals surface area (Å²) in [4.78, 5) is 24.1.